The lowest BCUT2D eigenvalue weighted by atomic mass is 10.3. The molecule has 1 rings (SSSR count). The van der Waals surface area contributed by atoms with Crippen LogP contribution in [0, 0.1) is 11.8 Å². The van der Waals surface area contributed by atoms with Crippen LogP contribution in [0.15, 0.2) is 11.4 Å². The van der Waals surface area contributed by atoms with Crippen LogP contribution < -0.4 is 5.73 Å². The fourth-order valence-corrected chi connectivity index (χ4v) is 1.99. The summed E-state index contributed by atoms with van der Waals surface area (Å²) < 4.78 is 0. The van der Waals surface area contributed by atoms with Crippen molar-refractivity contribution in [2.24, 2.45) is 5.73 Å². The van der Waals surface area contributed by atoms with E-state index in [1.807, 2.05) is 0 Å². The molecule has 0 amide bonds. The van der Waals surface area contributed by atoms with E-state index in [0.29, 0.717) is 12.6 Å². The Morgan fingerprint density at radius 2 is 2.27 bits per heavy atom. The first kappa shape index (κ1) is 12.3. The minimum Gasteiger partial charge on any atom is -0.320 e. The maximum atomic E-state index is 5.33. The van der Waals surface area contributed by atoms with Crippen LogP contribution in [0.25, 0.3) is 0 Å². The van der Waals surface area contributed by atoms with Crippen LogP contribution in [0.4, 0.5) is 0 Å². The predicted molar refractivity (Wildman–Crippen MR) is 66.9 cm³/mol. The average molecular weight is 222 g/mol. The summed E-state index contributed by atoms with van der Waals surface area (Å²) in [5, 5.41) is 2.09. The maximum absolute atomic E-state index is 5.33. The Labute approximate surface area is 96.1 Å². The summed E-state index contributed by atoms with van der Waals surface area (Å²) in [6.07, 6.45) is 0. The van der Waals surface area contributed by atoms with Gasteiger partial charge < -0.3 is 5.73 Å². The van der Waals surface area contributed by atoms with Crippen LogP contribution in [0.2, 0.25) is 0 Å². The smallest absolute Gasteiger partial charge is 0.0555 e. The molecular weight excluding hydrogens is 204 g/mol. The van der Waals surface area contributed by atoms with Crippen LogP contribution in [0.3, 0.4) is 0 Å². The lowest BCUT2D eigenvalue weighted by Gasteiger charge is -2.19. The molecule has 0 unspecified atom stereocenters. The van der Waals surface area contributed by atoms with E-state index >= 15 is 0 Å². The molecule has 0 saturated heterocycles. The second-order valence-electron chi connectivity index (χ2n) is 3.82. The molecule has 1 aromatic rings. The van der Waals surface area contributed by atoms with Gasteiger partial charge in [0.1, 0.15) is 0 Å². The fraction of sp³-hybridized carbons (Fsp3) is 0.500. The SMILES string of the molecule is CC(C)N(C)Cc1cc(C#CCN)cs1. The van der Waals surface area contributed by atoms with E-state index in [2.05, 4.69) is 49.1 Å². The van der Waals surface area contributed by atoms with Gasteiger partial charge in [0.2, 0.25) is 0 Å². The Hall–Kier alpha value is -0.820. The molecule has 0 radical (unpaired) electrons. The Morgan fingerprint density at radius 1 is 1.53 bits per heavy atom. The Bertz CT molecular complexity index is 357. The highest BCUT2D eigenvalue weighted by Crippen LogP contribution is 2.16. The molecule has 0 fully saturated rings. The van der Waals surface area contributed by atoms with Crippen LogP contribution in [-0.4, -0.2) is 24.5 Å². The first-order valence-electron chi connectivity index (χ1n) is 5.10. The Morgan fingerprint density at radius 3 is 2.87 bits per heavy atom. The van der Waals surface area contributed by atoms with Gasteiger partial charge >= 0.3 is 0 Å². The van der Waals surface area contributed by atoms with Gasteiger partial charge in [-0.15, -0.1) is 11.3 Å². The van der Waals surface area contributed by atoms with Crippen molar-refractivity contribution in [1.82, 2.24) is 4.90 Å². The standard InChI is InChI=1S/C12H18N2S/c1-10(2)14(3)8-12-7-11(9-15-12)5-4-6-13/h7,9-10H,6,8,13H2,1-3H3. The molecule has 0 saturated carbocycles. The van der Waals surface area contributed by atoms with Crippen LogP contribution in [0.5, 0.6) is 0 Å². The van der Waals surface area contributed by atoms with Crippen LogP contribution in [-0.2, 0) is 6.54 Å². The average Bonchev–Trinajstić information content (AvgIpc) is 2.62. The quantitative estimate of drug-likeness (QED) is 0.791. The lowest BCUT2D eigenvalue weighted by molar-refractivity contribution is 0.268. The highest BCUT2D eigenvalue weighted by Gasteiger charge is 2.05. The third kappa shape index (κ3) is 4.05. The van der Waals surface area contributed by atoms with E-state index in [1.165, 1.54) is 4.88 Å². The summed E-state index contributed by atoms with van der Waals surface area (Å²) in [6.45, 7) is 5.81. The number of rotatable bonds is 3. The highest BCUT2D eigenvalue weighted by atomic mass is 32.1. The largest absolute Gasteiger partial charge is 0.320 e. The van der Waals surface area contributed by atoms with Crippen molar-refractivity contribution in [3.63, 3.8) is 0 Å². The zero-order chi connectivity index (χ0) is 11.3. The molecule has 2 N–H and O–H groups in total. The fourth-order valence-electron chi connectivity index (χ4n) is 1.11. The van der Waals surface area contributed by atoms with E-state index in [9.17, 15) is 0 Å². The molecule has 0 aliphatic rings. The van der Waals surface area contributed by atoms with Gasteiger partial charge in [-0.3, -0.25) is 4.90 Å². The van der Waals surface area contributed by atoms with Gasteiger partial charge in [-0.2, -0.15) is 0 Å². The van der Waals surface area contributed by atoms with Crippen molar-refractivity contribution in [3.05, 3.63) is 21.9 Å². The van der Waals surface area contributed by atoms with Crippen LogP contribution >= 0.6 is 11.3 Å². The van der Waals surface area contributed by atoms with E-state index in [0.717, 1.165) is 12.1 Å². The van der Waals surface area contributed by atoms with Crippen LogP contribution in [0.1, 0.15) is 24.3 Å². The molecular formula is C12H18N2S. The second kappa shape index (κ2) is 5.92. The summed E-state index contributed by atoms with van der Waals surface area (Å²) in [5.41, 5.74) is 6.41. The number of nitrogens with two attached hydrogens (primary N) is 1. The number of hydrogen-bond acceptors (Lipinski definition) is 3. The number of nitrogens with zero attached hydrogens (tertiary/aromatic N) is 1. The van der Waals surface area contributed by atoms with Crippen molar-refractivity contribution in [3.8, 4) is 11.8 Å². The molecule has 0 atom stereocenters. The van der Waals surface area contributed by atoms with Crippen molar-refractivity contribution in [2.75, 3.05) is 13.6 Å². The van der Waals surface area contributed by atoms with Crippen molar-refractivity contribution >= 4 is 11.3 Å². The molecule has 82 valence electrons. The Balaban J connectivity index is 2.60. The summed E-state index contributed by atoms with van der Waals surface area (Å²) >= 11 is 1.76. The molecule has 2 nitrogen and oxygen atoms in total. The molecule has 0 aliphatic heterocycles. The first-order valence-corrected chi connectivity index (χ1v) is 5.98. The van der Waals surface area contributed by atoms with Crippen molar-refractivity contribution in [2.45, 2.75) is 26.4 Å². The molecule has 1 aromatic heterocycles. The summed E-state index contributed by atoms with van der Waals surface area (Å²) in [7, 11) is 2.13. The maximum Gasteiger partial charge on any atom is 0.0555 e. The van der Waals surface area contributed by atoms with Gasteiger partial charge in [0, 0.05) is 28.4 Å². The molecule has 0 bridgehead atoms. The normalized spacial score (nSPS) is 10.5. The topological polar surface area (TPSA) is 29.3 Å². The van der Waals surface area contributed by atoms with Gasteiger partial charge in [-0.25, -0.2) is 0 Å². The predicted octanol–water partition coefficient (Wildman–Crippen LogP) is 1.90. The van der Waals surface area contributed by atoms with Crippen molar-refractivity contribution in [1.29, 1.82) is 0 Å². The molecule has 0 aliphatic carbocycles. The van der Waals surface area contributed by atoms with E-state index in [4.69, 9.17) is 5.73 Å². The lowest BCUT2D eigenvalue weighted by Crippen LogP contribution is -2.25. The zero-order valence-corrected chi connectivity index (χ0v) is 10.4. The molecule has 1 heterocycles. The van der Waals surface area contributed by atoms with E-state index in [-0.39, 0.29) is 0 Å². The minimum absolute atomic E-state index is 0.428. The molecule has 3 heteroatoms. The summed E-state index contributed by atoms with van der Waals surface area (Å²) in [6, 6.07) is 2.72. The monoisotopic (exact) mass is 222 g/mol. The van der Waals surface area contributed by atoms with Gasteiger partial charge in [-0.1, -0.05) is 11.8 Å². The highest BCUT2D eigenvalue weighted by molar-refractivity contribution is 7.10. The van der Waals surface area contributed by atoms with Gasteiger partial charge in [0.25, 0.3) is 0 Å². The molecule has 15 heavy (non-hydrogen) atoms. The second-order valence-corrected chi connectivity index (χ2v) is 4.81. The molecule has 0 spiro atoms. The Kier molecular flexibility index (Phi) is 4.83. The summed E-state index contributed by atoms with van der Waals surface area (Å²) in [4.78, 5) is 3.67. The molecule has 0 aromatic carbocycles. The minimum atomic E-state index is 0.428. The van der Waals surface area contributed by atoms with Crippen molar-refractivity contribution < 1.29 is 0 Å². The van der Waals surface area contributed by atoms with E-state index < -0.39 is 0 Å². The third-order valence-corrected chi connectivity index (χ3v) is 3.20. The van der Waals surface area contributed by atoms with Gasteiger partial charge in [0.15, 0.2) is 0 Å². The van der Waals surface area contributed by atoms with Gasteiger partial charge in [0.05, 0.1) is 6.54 Å². The summed E-state index contributed by atoms with van der Waals surface area (Å²) in [5.74, 6) is 5.91. The van der Waals surface area contributed by atoms with Gasteiger partial charge in [-0.05, 0) is 27.0 Å². The first-order chi connectivity index (χ1) is 7.13. The zero-order valence-electron chi connectivity index (χ0n) is 9.58. The van der Waals surface area contributed by atoms with E-state index in [1.54, 1.807) is 11.3 Å². The third-order valence-electron chi connectivity index (χ3n) is 2.28. The number of thiophene rings is 1. The number of hydrogen-bond donors (Lipinski definition) is 1.